The van der Waals surface area contributed by atoms with E-state index in [0.717, 1.165) is 17.1 Å². The number of rotatable bonds is 4. The number of aryl methyl sites for hydroxylation is 2. The quantitative estimate of drug-likeness (QED) is 0.944. The number of carbonyl (C=O) groups excluding carboxylic acids is 1. The van der Waals surface area contributed by atoms with E-state index in [1.807, 2.05) is 36.4 Å². The molecule has 1 aliphatic rings. The molecular weight excluding hydrogens is 290 g/mol. The molecule has 0 aliphatic carbocycles. The summed E-state index contributed by atoms with van der Waals surface area (Å²) < 4.78 is 11.5. The van der Waals surface area contributed by atoms with Gasteiger partial charge in [0.2, 0.25) is 5.91 Å². The van der Waals surface area contributed by atoms with Gasteiger partial charge in [-0.05, 0) is 42.7 Å². The van der Waals surface area contributed by atoms with Crippen LogP contribution in [0.1, 0.15) is 16.7 Å². The molecule has 0 saturated carbocycles. The molecule has 0 aromatic heterocycles. The van der Waals surface area contributed by atoms with Crippen molar-refractivity contribution in [2.24, 2.45) is 0 Å². The minimum Gasteiger partial charge on any atom is -0.486 e. The van der Waals surface area contributed by atoms with E-state index in [0.29, 0.717) is 19.6 Å². The van der Waals surface area contributed by atoms with Gasteiger partial charge in [-0.1, -0.05) is 30.3 Å². The Morgan fingerprint density at radius 2 is 1.91 bits per heavy atom. The highest BCUT2D eigenvalue weighted by Crippen LogP contribution is 2.30. The molecule has 1 amide bonds. The number of fused-ring (bicyclic) bond motifs is 1. The summed E-state index contributed by atoms with van der Waals surface area (Å²) in [6.45, 7) is 5.01. The zero-order chi connectivity index (χ0) is 16.2. The fraction of sp³-hybridized carbons (Fsp3) is 0.316. The van der Waals surface area contributed by atoms with Crippen LogP contribution >= 0.6 is 0 Å². The average Bonchev–Trinajstić information content (AvgIpc) is 2.56. The highest BCUT2D eigenvalue weighted by Gasteiger charge is 2.20. The van der Waals surface area contributed by atoms with Crippen molar-refractivity contribution >= 4 is 5.91 Å². The Morgan fingerprint density at radius 3 is 2.70 bits per heavy atom. The number of benzene rings is 2. The van der Waals surface area contributed by atoms with Crippen molar-refractivity contribution in [1.82, 2.24) is 5.32 Å². The molecule has 0 saturated heterocycles. The zero-order valence-electron chi connectivity index (χ0n) is 13.5. The Labute approximate surface area is 136 Å². The number of nitrogens with one attached hydrogen (secondary N) is 1. The fourth-order valence-electron chi connectivity index (χ4n) is 2.55. The van der Waals surface area contributed by atoms with Gasteiger partial charge in [0.05, 0.1) is 13.0 Å². The third-order valence-electron chi connectivity index (χ3n) is 4.03. The molecule has 1 N–H and O–H groups in total. The first-order valence-corrected chi connectivity index (χ1v) is 7.83. The maximum atomic E-state index is 12.1. The third-order valence-corrected chi connectivity index (χ3v) is 4.03. The Bertz CT molecular complexity index is 712. The van der Waals surface area contributed by atoms with Crippen LogP contribution in [0.4, 0.5) is 0 Å². The van der Waals surface area contributed by atoms with Crippen molar-refractivity contribution in [3.63, 3.8) is 0 Å². The van der Waals surface area contributed by atoms with Crippen molar-refractivity contribution < 1.29 is 14.3 Å². The number of hydrogen-bond donors (Lipinski definition) is 1. The lowest BCUT2D eigenvalue weighted by Crippen LogP contribution is -2.41. The Hall–Kier alpha value is -2.49. The lowest BCUT2D eigenvalue weighted by molar-refractivity contribution is -0.120. The molecule has 3 rings (SSSR count). The van der Waals surface area contributed by atoms with Crippen LogP contribution in [0, 0.1) is 13.8 Å². The average molecular weight is 311 g/mol. The predicted octanol–water partition coefficient (Wildman–Crippen LogP) is 2.80. The summed E-state index contributed by atoms with van der Waals surface area (Å²) in [7, 11) is 0. The molecule has 4 nitrogen and oxygen atoms in total. The Balaban J connectivity index is 1.51. The van der Waals surface area contributed by atoms with Gasteiger partial charge in [-0.2, -0.15) is 0 Å². The lowest BCUT2D eigenvalue weighted by Gasteiger charge is -2.26. The van der Waals surface area contributed by atoms with Crippen LogP contribution < -0.4 is 14.8 Å². The molecule has 1 unspecified atom stereocenters. The highest BCUT2D eigenvalue weighted by molar-refractivity contribution is 5.78. The standard InChI is InChI=1S/C19H21NO3/c1-13-7-8-15(9-14(13)2)10-19(21)20-11-16-12-22-17-5-3-4-6-18(17)23-16/h3-9,16H,10-12H2,1-2H3,(H,20,21). The van der Waals surface area contributed by atoms with E-state index in [1.165, 1.54) is 11.1 Å². The molecule has 0 bridgehead atoms. The summed E-state index contributed by atoms with van der Waals surface area (Å²) >= 11 is 0. The Morgan fingerprint density at radius 1 is 1.13 bits per heavy atom. The van der Waals surface area contributed by atoms with E-state index < -0.39 is 0 Å². The number of ether oxygens (including phenoxy) is 2. The van der Waals surface area contributed by atoms with Gasteiger partial charge < -0.3 is 14.8 Å². The highest BCUT2D eigenvalue weighted by atomic mass is 16.6. The molecule has 1 atom stereocenters. The van der Waals surface area contributed by atoms with E-state index in [9.17, 15) is 4.79 Å². The second kappa shape index (κ2) is 6.73. The summed E-state index contributed by atoms with van der Waals surface area (Å²) in [6, 6.07) is 13.7. The summed E-state index contributed by atoms with van der Waals surface area (Å²) in [5.74, 6) is 1.48. The van der Waals surface area contributed by atoms with Crippen molar-refractivity contribution in [2.45, 2.75) is 26.4 Å². The minimum absolute atomic E-state index is 0.00397. The molecule has 0 spiro atoms. The van der Waals surface area contributed by atoms with Crippen molar-refractivity contribution in [3.05, 3.63) is 59.2 Å². The molecule has 4 heteroatoms. The second-order valence-electron chi connectivity index (χ2n) is 5.90. The monoisotopic (exact) mass is 311 g/mol. The number of amides is 1. The summed E-state index contributed by atoms with van der Waals surface area (Å²) in [6.07, 6.45) is 0.222. The lowest BCUT2D eigenvalue weighted by atomic mass is 10.0. The first kappa shape index (κ1) is 15.4. The molecular formula is C19H21NO3. The van der Waals surface area contributed by atoms with Gasteiger partial charge in [0, 0.05) is 0 Å². The predicted molar refractivity (Wildman–Crippen MR) is 89.0 cm³/mol. The van der Waals surface area contributed by atoms with Gasteiger partial charge in [-0.3, -0.25) is 4.79 Å². The van der Waals surface area contributed by atoms with Crippen LogP contribution in [-0.2, 0) is 11.2 Å². The van der Waals surface area contributed by atoms with E-state index in [1.54, 1.807) is 0 Å². The maximum absolute atomic E-state index is 12.1. The molecule has 2 aromatic carbocycles. The summed E-state index contributed by atoms with van der Waals surface area (Å²) in [5, 5.41) is 2.92. The SMILES string of the molecule is Cc1ccc(CC(=O)NCC2COc3ccccc3O2)cc1C. The zero-order valence-corrected chi connectivity index (χ0v) is 13.5. The van der Waals surface area contributed by atoms with Crippen LogP contribution in [0.25, 0.3) is 0 Å². The number of para-hydroxylation sites is 2. The largest absolute Gasteiger partial charge is 0.486 e. The molecule has 1 aliphatic heterocycles. The van der Waals surface area contributed by atoms with Gasteiger partial charge in [-0.25, -0.2) is 0 Å². The van der Waals surface area contributed by atoms with E-state index in [2.05, 4.69) is 25.2 Å². The van der Waals surface area contributed by atoms with Crippen LogP contribution in [0.2, 0.25) is 0 Å². The van der Waals surface area contributed by atoms with E-state index in [4.69, 9.17) is 9.47 Å². The smallest absolute Gasteiger partial charge is 0.224 e. The number of carbonyl (C=O) groups is 1. The fourth-order valence-corrected chi connectivity index (χ4v) is 2.55. The van der Waals surface area contributed by atoms with Crippen molar-refractivity contribution in [1.29, 1.82) is 0 Å². The first-order chi connectivity index (χ1) is 11.1. The van der Waals surface area contributed by atoms with Crippen molar-refractivity contribution in [3.8, 4) is 11.5 Å². The summed E-state index contributed by atoms with van der Waals surface area (Å²) in [4.78, 5) is 12.1. The molecule has 2 aromatic rings. The van der Waals surface area contributed by atoms with Gasteiger partial charge in [0.15, 0.2) is 11.5 Å². The van der Waals surface area contributed by atoms with Crippen molar-refractivity contribution in [2.75, 3.05) is 13.2 Å². The van der Waals surface area contributed by atoms with Gasteiger partial charge >= 0.3 is 0 Å². The molecule has 0 radical (unpaired) electrons. The molecule has 1 heterocycles. The van der Waals surface area contributed by atoms with Gasteiger partial charge in [0.25, 0.3) is 0 Å². The normalized spacial score (nSPS) is 16.0. The molecule has 23 heavy (non-hydrogen) atoms. The first-order valence-electron chi connectivity index (χ1n) is 7.83. The van der Waals surface area contributed by atoms with Crippen LogP contribution in [0.3, 0.4) is 0 Å². The van der Waals surface area contributed by atoms with E-state index >= 15 is 0 Å². The van der Waals surface area contributed by atoms with Crippen LogP contribution in [-0.4, -0.2) is 25.2 Å². The topological polar surface area (TPSA) is 47.6 Å². The summed E-state index contributed by atoms with van der Waals surface area (Å²) in [5.41, 5.74) is 3.47. The maximum Gasteiger partial charge on any atom is 0.224 e. The number of hydrogen-bond acceptors (Lipinski definition) is 3. The molecule has 120 valence electrons. The van der Waals surface area contributed by atoms with Crippen LogP contribution in [0.15, 0.2) is 42.5 Å². The van der Waals surface area contributed by atoms with Gasteiger partial charge in [-0.15, -0.1) is 0 Å². The molecule has 0 fully saturated rings. The second-order valence-corrected chi connectivity index (χ2v) is 5.90. The van der Waals surface area contributed by atoms with Crippen LogP contribution in [0.5, 0.6) is 11.5 Å². The van der Waals surface area contributed by atoms with Gasteiger partial charge in [0.1, 0.15) is 12.7 Å². The minimum atomic E-state index is -0.159. The Kier molecular flexibility index (Phi) is 4.51. The van der Waals surface area contributed by atoms with E-state index in [-0.39, 0.29) is 12.0 Å². The third kappa shape index (κ3) is 3.83.